The third-order valence-electron chi connectivity index (χ3n) is 3.42. The van der Waals surface area contributed by atoms with E-state index in [1.54, 1.807) is 12.1 Å². The van der Waals surface area contributed by atoms with Crippen molar-refractivity contribution in [1.82, 2.24) is 5.43 Å². The van der Waals surface area contributed by atoms with Gasteiger partial charge in [0.15, 0.2) is 0 Å². The summed E-state index contributed by atoms with van der Waals surface area (Å²) in [6, 6.07) is 16.5. The number of hydrogen-bond donors (Lipinski definition) is 2. The molecule has 0 atom stereocenters. The first-order valence-corrected chi connectivity index (χ1v) is 7.04. The second kappa shape index (κ2) is 6.22. The molecule has 0 aromatic heterocycles. The van der Waals surface area contributed by atoms with Crippen LogP contribution in [0.3, 0.4) is 0 Å². The first kappa shape index (κ1) is 14.0. The SMILES string of the molecule is O=C1CCC(c2ccc(C(=O)Nc3ccccc3)cc2)=NN1. The Kier molecular flexibility index (Phi) is 3.96. The highest BCUT2D eigenvalue weighted by atomic mass is 16.2. The minimum atomic E-state index is -0.156. The van der Waals surface area contributed by atoms with Crippen LogP contribution in [0.5, 0.6) is 0 Å². The zero-order valence-electron chi connectivity index (χ0n) is 11.9. The fourth-order valence-electron chi connectivity index (χ4n) is 2.22. The first-order chi connectivity index (χ1) is 10.7. The number of rotatable bonds is 3. The van der Waals surface area contributed by atoms with Crippen molar-refractivity contribution < 1.29 is 9.59 Å². The second-order valence-corrected chi connectivity index (χ2v) is 4.99. The number of hydrazone groups is 1. The van der Waals surface area contributed by atoms with Crippen LogP contribution < -0.4 is 10.7 Å². The molecule has 0 unspecified atom stereocenters. The zero-order valence-corrected chi connectivity index (χ0v) is 11.9. The van der Waals surface area contributed by atoms with Crippen molar-refractivity contribution in [1.29, 1.82) is 0 Å². The Bertz CT molecular complexity index is 721. The van der Waals surface area contributed by atoms with Crippen molar-refractivity contribution in [3.8, 4) is 0 Å². The van der Waals surface area contributed by atoms with Crippen molar-refractivity contribution in [3.63, 3.8) is 0 Å². The molecule has 22 heavy (non-hydrogen) atoms. The molecule has 2 aromatic rings. The maximum Gasteiger partial charge on any atom is 0.255 e. The number of nitrogens with zero attached hydrogens (tertiary/aromatic N) is 1. The van der Waals surface area contributed by atoms with Crippen LogP contribution in [0.25, 0.3) is 0 Å². The molecule has 110 valence electrons. The topological polar surface area (TPSA) is 70.6 Å². The van der Waals surface area contributed by atoms with Crippen LogP contribution in [0.15, 0.2) is 59.7 Å². The lowest BCUT2D eigenvalue weighted by Crippen LogP contribution is -2.25. The molecule has 0 fully saturated rings. The summed E-state index contributed by atoms with van der Waals surface area (Å²) in [6.45, 7) is 0. The number of carbonyl (C=O) groups excluding carboxylic acids is 2. The van der Waals surface area contributed by atoms with E-state index in [-0.39, 0.29) is 11.8 Å². The minimum Gasteiger partial charge on any atom is -0.322 e. The van der Waals surface area contributed by atoms with Gasteiger partial charge in [-0.2, -0.15) is 5.10 Å². The van der Waals surface area contributed by atoms with E-state index in [2.05, 4.69) is 15.8 Å². The Hall–Kier alpha value is -2.95. The Balaban J connectivity index is 1.71. The molecule has 5 nitrogen and oxygen atoms in total. The van der Waals surface area contributed by atoms with Crippen LogP contribution >= 0.6 is 0 Å². The summed E-state index contributed by atoms with van der Waals surface area (Å²) in [5.74, 6) is -0.223. The van der Waals surface area contributed by atoms with Crippen molar-refractivity contribution in [3.05, 3.63) is 65.7 Å². The summed E-state index contributed by atoms with van der Waals surface area (Å²) in [5, 5.41) is 6.88. The third-order valence-corrected chi connectivity index (χ3v) is 3.42. The van der Waals surface area contributed by atoms with Crippen LogP contribution in [0, 0.1) is 0 Å². The minimum absolute atomic E-state index is 0.0670. The lowest BCUT2D eigenvalue weighted by Gasteiger charge is -2.12. The van der Waals surface area contributed by atoms with Crippen LogP contribution in [0.4, 0.5) is 5.69 Å². The number of para-hydroxylation sites is 1. The van der Waals surface area contributed by atoms with Gasteiger partial charge in [0.2, 0.25) is 5.91 Å². The molecular formula is C17H15N3O2. The van der Waals surface area contributed by atoms with Crippen molar-refractivity contribution in [2.45, 2.75) is 12.8 Å². The fourth-order valence-corrected chi connectivity index (χ4v) is 2.22. The Morgan fingerprint density at radius 1 is 1.00 bits per heavy atom. The van der Waals surface area contributed by atoms with E-state index in [0.29, 0.717) is 18.4 Å². The van der Waals surface area contributed by atoms with Crippen molar-refractivity contribution >= 4 is 23.2 Å². The maximum atomic E-state index is 12.1. The molecule has 0 radical (unpaired) electrons. The van der Waals surface area contributed by atoms with Crippen molar-refractivity contribution in [2.24, 2.45) is 5.10 Å². The normalized spacial score (nSPS) is 14.0. The molecule has 0 bridgehead atoms. The van der Waals surface area contributed by atoms with Gasteiger partial charge < -0.3 is 5.32 Å². The average molecular weight is 293 g/mol. The van der Waals surface area contributed by atoms with Gasteiger partial charge in [-0.3, -0.25) is 9.59 Å². The van der Waals surface area contributed by atoms with Crippen LogP contribution in [0.2, 0.25) is 0 Å². The van der Waals surface area contributed by atoms with Crippen molar-refractivity contribution in [2.75, 3.05) is 5.32 Å². The Morgan fingerprint density at radius 3 is 2.36 bits per heavy atom. The van der Waals surface area contributed by atoms with E-state index in [1.807, 2.05) is 42.5 Å². The van der Waals surface area contributed by atoms with Gasteiger partial charge in [0.25, 0.3) is 5.91 Å². The summed E-state index contributed by atoms with van der Waals surface area (Å²) in [4.78, 5) is 23.2. The standard InChI is InChI=1S/C17H15N3O2/c21-16-11-10-15(19-20-16)12-6-8-13(9-7-12)17(22)18-14-4-2-1-3-5-14/h1-9H,10-11H2,(H,18,22)(H,20,21). The van der Waals surface area contributed by atoms with E-state index < -0.39 is 0 Å². The van der Waals surface area contributed by atoms with E-state index in [0.717, 1.165) is 17.0 Å². The predicted molar refractivity (Wildman–Crippen MR) is 84.8 cm³/mol. The largest absolute Gasteiger partial charge is 0.322 e. The summed E-state index contributed by atoms with van der Waals surface area (Å²) in [7, 11) is 0. The Labute approximate surface area is 128 Å². The second-order valence-electron chi connectivity index (χ2n) is 4.99. The van der Waals surface area contributed by atoms with Gasteiger partial charge in [0, 0.05) is 24.1 Å². The lowest BCUT2D eigenvalue weighted by molar-refractivity contribution is -0.121. The molecule has 0 spiro atoms. The van der Waals surface area contributed by atoms with Gasteiger partial charge in [-0.1, -0.05) is 30.3 Å². The first-order valence-electron chi connectivity index (χ1n) is 7.04. The summed E-state index contributed by atoms with van der Waals surface area (Å²) < 4.78 is 0. The molecule has 1 aliphatic heterocycles. The lowest BCUT2D eigenvalue weighted by atomic mass is 10.0. The number of carbonyl (C=O) groups is 2. The van der Waals surface area contributed by atoms with Gasteiger partial charge in [0.1, 0.15) is 0 Å². The van der Waals surface area contributed by atoms with E-state index in [4.69, 9.17) is 0 Å². The Morgan fingerprint density at radius 2 is 1.73 bits per heavy atom. The number of anilines is 1. The molecule has 1 heterocycles. The zero-order chi connectivity index (χ0) is 15.4. The number of hydrogen-bond acceptors (Lipinski definition) is 3. The highest BCUT2D eigenvalue weighted by molar-refractivity contribution is 6.07. The highest BCUT2D eigenvalue weighted by Gasteiger charge is 2.13. The third kappa shape index (κ3) is 3.20. The maximum absolute atomic E-state index is 12.1. The van der Waals surface area contributed by atoms with Gasteiger partial charge in [-0.15, -0.1) is 0 Å². The monoisotopic (exact) mass is 293 g/mol. The quantitative estimate of drug-likeness (QED) is 0.913. The van der Waals surface area contributed by atoms with E-state index >= 15 is 0 Å². The van der Waals surface area contributed by atoms with Gasteiger partial charge in [-0.25, -0.2) is 5.43 Å². The summed E-state index contributed by atoms with van der Waals surface area (Å²) in [5.41, 5.74) is 5.55. The molecule has 1 aliphatic rings. The molecule has 2 aromatic carbocycles. The smallest absolute Gasteiger partial charge is 0.255 e. The summed E-state index contributed by atoms with van der Waals surface area (Å²) >= 11 is 0. The number of benzene rings is 2. The van der Waals surface area contributed by atoms with Crippen LogP contribution in [-0.2, 0) is 4.79 Å². The molecule has 5 heteroatoms. The number of nitrogens with one attached hydrogen (secondary N) is 2. The number of amides is 2. The van der Waals surface area contributed by atoms with E-state index in [9.17, 15) is 9.59 Å². The predicted octanol–water partition coefficient (Wildman–Crippen LogP) is 2.55. The molecule has 0 saturated carbocycles. The molecule has 2 N–H and O–H groups in total. The summed E-state index contributed by atoms with van der Waals surface area (Å²) in [6.07, 6.45) is 1.05. The average Bonchev–Trinajstić information content (AvgIpc) is 2.57. The molecular weight excluding hydrogens is 278 g/mol. The van der Waals surface area contributed by atoms with Crippen LogP contribution in [0.1, 0.15) is 28.8 Å². The van der Waals surface area contributed by atoms with E-state index in [1.165, 1.54) is 0 Å². The molecule has 0 aliphatic carbocycles. The van der Waals surface area contributed by atoms with Gasteiger partial charge in [-0.05, 0) is 29.8 Å². The fraction of sp³-hybridized carbons (Fsp3) is 0.118. The van der Waals surface area contributed by atoms with Gasteiger partial charge in [0.05, 0.1) is 5.71 Å². The molecule has 2 amide bonds. The highest BCUT2D eigenvalue weighted by Crippen LogP contribution is 2.13. The molecule has 0 saturated heterocycles. The van der Waals surface area contributed by atoms with Gasteiger partial charge >= 0.3 is 0 Å². The molecule has 3 rings (SSSR count). The van der Waals surface area contributed by atoms with Crippen LogP contribution in [-0.4, -0.2) is 17.5 Å².